The number of aromatic hydroxyl groups is 2. The predicted molar refractivity (Wildman–Crippen MR) is 49.3 cm³/mol. The van der Waals surface area contributed by atoms with Crippen molar-refractivity contribution < 1.29 is 15.0 Å². The van der Waals surface area contributed by atoms with Gasteiger partial charge in [-0.15, -0.1) is 0 Å². The van der Waals surface area contributed by atoms with Crippen LogP contribution in [-0.4, -0.2) is 16.0 Å². The van der Waals surface area contributed by atoms with Crippen LogP contribution in [0.3, 0.4) is 0 Å². The molecule has 0 atom stereocenters. The number of carbonyl (C=O) groups is 1. The van der Waals surface area contributed by atoms with E-state index in [2.05, 4.69) is 0 Å². The molecule has 0 heterocycles. The second-order valence-corrected chi connectivity index (χ2v) is 3.10. The van der Waals surface area contributed by atoms with E-state index >= 15 is 0 Å². The van der Waals surface area contributed by atoms with Crippen molar-refractivity contribution in [2.75, 3.05) is 0 Å². The lowest BCUT2D eigenvalue weighted by Gasteiger charge is -2.09. The van der Waals surface area contributed by atoms with Crippen LogP contribution in [0.2, 0.25) is 0 Å². The van der Waals surface area contributed by atoms with Gasteiger partial charge in [-0.2, -0.15) is 0 Å². The van der Waals surface area contributed by atoms with Gasteiger partial charge in [-0.1, -0.05) is 0 Å². The van der Waals surface area contributed by atoms with Crippen LogP contribution in [0.15, 0.2) is 6.07 Å². The molecule has 0 saturated heterocycles. The molecule has 0 aromatic heterocycles. The molecule has 0 amide bonds. The third-order valence-corrected chi connectivity index (χ3v) is 2.22. The molecule has 13 heavy (non-hydrogen) atoms. The molecule has 0 fully saturated rings. The number of Topliss-reactive ketones (excluding diaryl/α,β-unsaturated/α-hetero) is 1. The number of phenolic OH excluding ortho intramolecular Hbond substituents is 2. The van der Waals surface area contributed by atoms with E-state index in [-0.39, 0.29) is 22.8 Å². The van der Waals surface area contributed by atoms with Gasteiger partial charge in [0.05, 0.1) is 5.56 Å². The van der Waals surface area contributed by atoms with Crippen molar-refractivity contribution >= 4 is 5.78 Å². The topological polar surface area (TPSA) is 57.5 Å². The minimum atomic E-state index is -0.254. The number of benzene rings is 1. The van der Waals surface area contributed by atoms with Crippen LogP contribution >= 0.6 is 0 Å². The zero-order valence-electron chi connectivity index (χ0n) is 7.88. The van der Waals surface area contributed by atoms with Crippen molar-refractivity contribution in [1.82, 2.24) is 0 Å². The van der Waals surface area contributed by atoms with Crippen LogP contribution in [0.5, 0.6) is 11.5 Å². The molecule has 0 aliphatic carbocycles. The van der Waals surface area contributed by atoms with Crippen LogP contribution < -0.4 is 0 Å². The van der Waals surface area contributed by atoms with Crippen molar-refractivity contribution in [2.24, 2.45) is 0 Å². The Morgan fingerprint density at radius 3 is 2.23 bits per heavy atom. The smallest absolute Gasteiger partial charge is 0.163 e. The molecule has 0 spiro atoms. The van der Waals surface area contributed by atoms with Crippen molar-refractivity contribution in [3.63, 3.8) is 0 Å². The van der Waals surface area contributed by atoms with E-state index in [1.54, 1.807) is 13.8 Å². The summed E-state index contributed by atoms with van der Waals surface area (Å²) < 4.78 is 0. The summed E-state index contributed by atoms with van der Waals surface area (Å²) in [5.41, 5.74) is 1.31. The van der Waals surface area contributed by atoms with Crippen LogP contribution in [0, 0.1) is 13.8 Å². The van der Waals surface area contributed by atoms with Gasteiger partial charge < -0.3 is 10.2 Å². The summed E-state index contributed by atoms with van der Waals surface area (Å²) in [4.78, 5) is 11.0. The van der Waals surface area contributed by atoms with E-state index in [4.69, 9.17) is 0 Å². The Morgan fingerprint density at radius 1 is 1.23 bits per heavy atom. The van der Waals surface area contributed by atoms with E-state index in [1.807, 2.05) is 0 Å². The van der Waals surface area contributed by atoms with Crippen molar-refractivity contribution in [3.8, 4) is 11.5 Å². The lowest BCUT2D eigenvalue weighted by atomic mass is 10.0. The van der Waals surface area contributed by atoms with Gasteiger partial charge in [0, 0.05) is 0 Å². The molecule has 3 nitrogen and oxygen atoms in total. The summed E-state index contributed by atoms with van der Waals surface area (Å²) in [6.07, 6.45) is 0. The Morgan fingerprint density at radius 2 is 1.77 bits per heavy atom. The first-order valence-corrected chi connectivity index (χ1v) is 3.98. The fourth-order valence-electron chi connectivity index (χ4n) is 1.15. The molecule has 3 heteroatoms. The van der Waals surface area contributed by atoms with E-state index in [0.717, 1.165) is 0 Å². The van der Waals surface area contributed by atoms with Crippen LogP contribution in [0.1, 0.15) is 28.4 Å². The summed E-state index contributed by atoms with van der Waals surface area (Å²) in [6, 6.07) is 1.29. The average molecular weight is 180 g/mol. The second-order valence-electron chi connectivity index (χ2n) is 3.10. The third-order valence-electron chi connectivity index (χ3n) is 2.22. The third kappa shape index (κ3) is 1.49. The second kappa shape index (κ2) is 3.09. The molecule has 2 N–H and O–H groups in total. The van der Waals surface area contributed by atoms with E-state index < -0.39 is 0 Å². The molecule has 0 aliphatic heterocycles. The molecular weight excluding hydrogens is 168 g/mol. The molecular formula is C10H12O3. The van der Waals surface area contributed by atoms with Gasteiger partial charge in [0.15, 0.2) is 5.78 Å². The van der Waals surface area contributed by atoms with Crippen LogP contribution in [-0.2, 0) is 0 Å². The highest BCUT2D eigenvalue weighted by Crippen LogP contribution is 2.31. The minimum Gasteiger partial charge on any atom is -0.508 e. The molecule has 0 radical (unpaired) electrons. The summed E-state index contributed by atoms with van der Waals surface area (Å²) in [7, 11) is 0. The monoisotopic (exact) mass is 180 g/mol. The van der Waals surface area contributed by atoms with E-state index in [0.29, 0.717) is 11.1 Å². The van der Waals surface area contributed by atoms with Gasteiger partial charge in [-0.05, 0) is 38.0 Å². The van der Waals surface area contributed by atoms with E-state index in [1.165, 1.54) is 13.0 Å². The van der Waals surface area contributed by atoms with Gasteiger partial charge in [-0.3, -0.25) is 4.79 Å². The first-order chi connectivity index (χ1) is 5.95. The summed E-state index contributed by atoms with van der Waals surface area (Å²) in [6.45, 7) is 4.70. The number of rotatable bonds is 1. The van der Waals surface area contributed by atoms with Gasteiger partial charge in [-0.25, -0.2) is 0 Å². The summed E-state index contributed by atoms with van der Waals surface area (Å²) >= 11 is 0. The van der Waals surface area contributed by atoms with Gasteiger partial charge in [0.25, 0.3) is 0 Å². The Hall–Kier alpha value is -1.51. The highest BCUT2D eigenvalue weighted by molar-refractivity contribution is 5.97. The lowest BCUT2D eigenvalue weighted by Crippen LogP contribution is -1.96. The van der Waals surface area contributed by atoms with E-state index in [9.17, 15) is 15.0 Å². The highest BCUT2D eigenvalue weighted by atomic mass is 16.3. The van der Waals surface area contributed by atoms with Crippen molar-refractivity contribution in [1.29, 1.82) is 0 Å². The number of ketones is 1. The standard InChI is InChI=1S/C10H12O3/c1-5-6(2)10(13)8(7(3)11)4-9(5)12/h4,12-13H,1-3H3. The Kier molecular flexibility index (Phi) is 2.28. The first-order valence-electron chi connectivity index (χ1n) is 3.98. The van der Waals surface area contributed by atoms with Gasteiger partial charge in [0.1, 0.15) is 11.5 Å². The zero-order chi connectivity index (χ0) is 10.2. The maximum Gasteiger partial charge on any atom is 0.163 e. The quantitative estimate of drug-likeness (QED) is 0.512. The molecule has 1 aromatic carbocycles. The average Bonchev–Trinajstić information content (AvgIpc) is 2.07. The van der Waals surface area contributed by atoms with Crippen LogP contribution in [0.4, 0.5) is 0 Å². The molecule has 70 valence electrons. The summed E-state index contributed by atoms with van der Waals surface area (Å²) in [5.74, 6) is -0.251. The zero-order valence-corrected chi connectivity index (χ0v) is 7.88. The maximum absolute atomic E-state index is 11.0. The van der Waals surface area contributed by atoms with Gasteiger partial charge >= 0.3 is 0 Å². The predicted octanol–water partition coefficient (Wildman–Crippen LogP) is 1.92. The molecule has 1 rings (SSSR count). The fraction of sp³-hybridized carbons (Fsp3) is 0.300. The van der Waals surface area contributed by atoms with Gasteiger partial charge in [0.2, 0.25) is 0 Å². The fourth-order valence-corrected chi connectivity index (χ4v) is 1.15. The number of hydrogen-bond donors (Lipinski definition) is 2. The van der Waals surface area contributed by atoms with Crippen molar-refractivity contribution in [3.05, 3.63) is 22.8 Å². The molecule has 0 aliphatic rings. The Labute approximate surface area is 76.6 Å². The first kappa shape index (κ1) is 9.58. The normalized spacial score (nSPS) is 10.1. The Balaban J connectivity index is 3.50. The SMILES string of the molecule is CC(=O)c1cc(O)c(C)c(C)c1O. The minimum absolute atomic E-state index is 0.0391. The largest absolute Gasteiger partial charge is 0.508 e. The summed E-state index contributed by atoms with van der Waals surface area (Å²) in [5, 5.41) is 18.9. The molecule has 1 aromatic rings. The highest BCUT2D eigenvalue weighted by Gasteiger charge is 2.13. The maximum atomic E-state index is 11.0. The Bertz CT molecular complexity index is 367. The number of hydrogen-bond acceptors (Lipinski definition) is 3. The molecule has 0 unspecified atom stereocenters. The molecule has 0 saturated carbocycles. The number of carbonyl (C=O) groups excluding carboxylic acids is 1. The molecule has 0 bridgehead atoms. The number of phenols is 2. The van der Waals surface area contributed by atoms with Crippen molar-refractivity contribution in [2.45, 2.75) is 20.8 Å². The lowest BCUT2D eigenvalue weighted by molar-refractivity contribution is 0.101. The van der Waals surface area contributed by atoms with Crippen LogP contribution in [0.25, 0.3) is 0 Å².